The normalized spacial score (nSPS) is 13.0. The summed E-state index contributed by atoms with van der Waals surface area (Å²) in [5.74, 6) is -0.892. The quantitative estimate of drug-likeness (QED) is 0.0261. The van der Waals surface area contributed by atoms with Crippen LogP contribution in [0.5, 0.6) is 0 Å². The molecule has 0 aromatic heterocycles. The van der Waals surface area contributed by atoms with Crippen molar-refractivity contribution in [1.29, 1.82) is 0 Å². The van der Waals surface area contributed by atoms with Crippen LogP contribution in [0.15, 0.2) is 134 Å². The second-order valence-corrected chi connectivity index (χ2v) is 22.0. The molecule has 0 N–H and O–H groups in total. The van der Waals surface area contributed by atoms with E-state index in [1.165, 1.54) is 128 Å². The minimum atomic E-state index is -0.784. The molecule has 0 rings (SSSR count). The molecule has 0 spiro atoms. The van der Waals surface area contributed by atoms with Gasteiger partial charge >= 0.3 is 17.9 Å². The van der Waals surface area contributed by atoms with E-state index in [4.69, 9.17) is 14.2 Å². The Morgan fingerprint density at radius 3 is 0.753 bits per heavy atom. The Hall–Kier alpha value is -4.45. The molecule has 6 heteroatoms. The fraction of sp³-hybridized carbons (Fsp3) is 0.667. The first-order valence-electron chi connectivity index (χ1n) is 33.7. The van der Waals surface area contributed by atoms with Gasteiger partial charge in [-0.15, -0.1) is 0 Å². The molecular weight excluding hydrogens is 997 g/mol. The Morgan fingerprint density at radius 1 is 0.259 bits per heavy atom. The number of unbranched alkanes of at least 4 members (excludes halogenated alkanes) is 27. The van der Waals surface area contributed by atoms with E-state index in [1.807, 2.05) is 0 Å². The smallest absolute Gasteiger partial charge is 0.306 e. The standard InChI is InChI=1S/C75H124O6/c1-4-7-10-13-16-18-20-22-24-26-28-30-32-34-35-36-37-38-39-41-42-44-46-48-50-52-54-56-59-62-65-68-74(77)80-71-72(70-79-73(76)67-64-61-58-15-12-9-6-3)81-75(78)69-66-63-60-57-55-53-51-49-47-45-43-40-33-31-29-27-25-23-21-19-17-14-11-8-5-2/h7-8,10-11,16-19,22-25,28-31,34-35,37-38,40,43,72H,4-6,9,12-15,20-21,26-27,32-33,36,39,41-42,44-71H2,1-3H3/b10-7-,11-8-,18-16-,19-17-,24-22-,25-23-,30-28-,31-29-,35-34-,38-37-,43-40-. The maximum atomic E-state index is 12.9. The predicted octanol–water partition coefficient (Wildman–Crippen LogP) is 23.3. The van der Waals surface area contributed by atoms with Crippen LogP contribution in [0.2, 0.25) is 0 Å². The van der Waals surface area contributed by atoms with Gasteiger partial charge in [0.2, 0.25) is 0 Å². The van der Waals surface area contributed by atoms with Gasteiger partial charge in [-0.1, -0.05) is 302 Å². The van der Waals surface area contributed by atoms with Crippen molar-refractivity contribution in [3.63, 3.8) is 0 Å². The van der Waals surface area contributed by atoms with Gasteiger partial charge in [-0.05, 0) is 116 Å². The van der Waals surface area contributed by atoms with Gasteiger partial charge in [-0.3, -0.25) is 14.4 Å². The van der Waals surface area contributed by atoms with Crippen LogP contribution in [0.3, 0.4) is 0 Å². The fourth-order valence-corrected chi connectivity index (χ4v) is 9.18. The summed E-state index contributed by atoms with van der Waals surface area (Å²) in [4.78, 5) is 38.2. The van der Waals surface area contributed by atoms with E-state index in [1.54, 1.807) is 0 Å². The molecule has 0 aliphatic rings. The molecule has 81 heavy (non-hydrogen) atoms. The topological polar surface area (TPSA) is 78.9 Å². The Balaban J connectivity index is 4.13. The molecular formula is C75H124O6. The molecule has 460 valence electrons. The molecule has 0 aromatic rings. The third kappa shape index (κ3) is 66.2. The molecule has 0 aromatic carbocycles. The zero-order chi connectivity index (χ0) is 58.5. The number of hydrogen-bond donors (Lipinski definition) is 0. The fourth-order valence-electron chi connectivity index (χ4n) is 9.18. The number of ether oxygens (including phenoxy) is 3. The van der Waals surface area contributed by atoms with Crippen molar-refractivity contribution in [2.24, 2.45) is 0 Å². The molecule has 0 saturated carbocycles. The van der Waals surface area contributed by atoms with Gasteiger partial charge in [0, 0.05) is 19.3 Å². The highest BCUT2D eigenvalue weighted by Gasteiger charge is 2.19. The molecule has 0 bridgehead atoms. The summed E-state index contributed by atoms with van der Waals surface area (Å²) < 4.78 is 16.9. The van der Waals surface area contributed by atoms with Crippen molar-refractivity contribution in [2.45, 2.75) is 309 Å². The molecule has 0 saturated heterocycles. The molecule has 0 radical (unpaired) electrons. The van der Waals surface area contributed by atoms with E-state index < -0.39 is 6.10 Å². The third-order valence-corrected chi connectivity index (χ3v) is 14.2. The summed E-state index contributed by atoms with van der Waals surface area (Å²) in [5.41, 5.74) is 0. The summed E-state index contributed by atoms with van der Waals surface area (Å²) in [6, 6.07) is 0. The van der Waals surface area contributed by atoms with Crippen molar-refractivity contribution < 1.29 is 28.6 Å². The van der Waals surface area contributed by atoms with E-state index in [0.717, 1.165) is 135 Å². The zero-order valence-electron chi connectivity index (χ0n) is 52.8. The van der Waals surface area contributed by atoms with Gasteiger partial charge in [-0.25, -0.2) is 0 Å². The number of hydrogen-bond acceptors (Lipinski definition) is 6. The van der Waals surface area contributed by atoms with Crippen LogP contribution < -0.4 is 0 Å². The molecule has 0 heterocycles. The second-order valence-electron chi connectivity index (χ2n) is 22.0. The highest BCUT2D eigenvalue weighted by Crippen LogP contribution is 2.16. The molecule has 1 atom stereocenters. The van der Waals surface area contributed by atoms with Gasteiger partial charge in [0.15, 0.2) is 6.10 Å². The van der Waals surface area contributed by atoms with Crippen molar-refractivity contribution >= 4 is 17.9 Å². The lowest BCUT2D eigenvalue weighted by Gasteiger charge is -2.18. The molecule has 1 unspecified atom stereocenters. The van der Waals surface area contributed by atoms with E-state index in [9.17, 15) is 14.4 Å². The summed E-state index contributed by atoms with van der Waals surface area (Å²) in [6.45, 7) is 6.38. The number of carbonyl (C=O) groups excluding carboxylic acids is 3. The van der Waals surface area contributed by atoms with Crippen molar-refractivity contribution in [3.05, 3.63) is 134 Å². The Labute approximate surface area is 500 Å². The molecule has 6 nitrogen and oxygen atoms in total. The monoisotopic (exact) mass is 1120 g/mol. The lowest BCUT2D eigenvalue weighted by Crippen LogP contribution is -2.30. The van der Waals surface area contributed by atoms with Crippen LogP contribution in [0.25, 0.3) is 0 Å². The van der Waals surface area contributed by atoms with Gasteiger partial charge < -0.3 is 14.2 Å². The van der Waals surface area contributed by atoms with Gasteiger partial charge in [0.1, 0.15) is 13.2 Å². The summed E-state index contributed by atoms with van der Waals surface area (Å²) in [6.07, 6.45) is 96.3. The van der Waals surface area contributed by atoms with Crippen LogP contribution in [-0.2, 0) is 28.6 Å². The predicted molar refractivity (Wildman–Crippen MR) is 353 cm³/mol. The summed E-state index contributed by atoms with van der Waals surface area (Å²) in [7, 11) is 0. The van der Waals surface area contributed by atoms with E-state index in [-0.39, 0.29) is 31.1 Å². The molecule has 0 amide bonds. The number of esters is 3. The van der Waals surface area contributed by atoms with Gasteiger partial charge in [0.05, 0.1) is 0 Å². The van der Waals surface area contributed by atoms with E-state index >= 15 is 0 Å². The van der Waals surface area contributed by atoms with E-state index in [0.29, 0.717) is 19.3 Å². The highest BCUT2D eigenvalue weighted by molar-refractivity contribution is 5.71. The molecule has 0 aliphatic heterocycles. The second kappa shape index (κ2) is 68.1. The number of carbonyl (C=O) groups is 3. The lowest BCUT2D eigenvalue weighted by molar-refractivity contribution is -0.167. The first-order chi connectivity index (χ1) is 40.0. The zero-order valence-corrected chi connectivity index (χ0v) is 52.8. The van der Waals surface area contributed by atoms with Gasteiger partial charge in [-0.2, -0.15) is 0 Å². The maximum Gasteiger partial charge on any atom is 0.306 e. The third-order valence-electron chi connectivity index (χ3n) is 14.2. The van der Waals surface area contributed by atoms with Crippen molar-refractivity contribution in [3.8, 4) is 0 Å². The minimum absolute atomic E-state index is 0.0816. The molecule has 0 fully saturated rings. The van der Waals surface area contributed by atoms with Crippen LogP contribution in [0.1, 0.15) is 303 Å². The Bertz CT molecular complexity index is 1720. The number of allylic oxidation sites excluding steroid dienone is 22. The summed E-state index contributed by atoms with van der Waals surface area (Å²) >= 11 is 0. The number of rotatable bonds is 60. The largest absolute Gasteiger partial charge is 0.462 e. The molecule has 0 aliphatic carbocycles. The van der Waals surface area contributed by atoms with E-state index in [2.05, 4.69) is 154 Å². The van der Waals surface area contributed by atoms with Crippen LogP contribution in [0.4, 0.5) is 0 Å². The minimum Gasteiger partial charge on any atom is -0.462 e. The van der Waals surface area contributed by atoms with Gasteiger partial charge in [0.25, 0.3) is 0 Å². The first kappa shape index (κ1) is 76.5. The van der Waals surface area contributed by atoms with Crippen LogP contribution >= 0.6 is 0 Å². The first-order valence-corrected chi connectivity index (χ1v) is 33.7. The van der Waals surface area contributed by atoms with Crippen LogP contribution in [0, 0.1) is 0 Å². The average Bonchev–Trinajstić information content (AvgIpc) is 3.46. The maximum absolute atomic E-state index is 12.9. The van der Waals surface area contributed by atoms with Crippen molar-refractivity contribution in [1.82, 2.24) is 0 Å². The Morgan fingerprint density at radius 2 is 0.481 bits per heavy atom. The highest BCUT2D eigenvalue weighted by atomic mass is 16.6. The van der Waals surface area contributed by atoms with Crippen molar-refractivity contribution in [2.75, 3.05) is 13.2 Å². The SMILES string of the molecule is CC/C=C\C/C=C\C/C=C\C/C=C\C/C=C\C/C=C\CCCCCCCCCCCCCCC(=O)OCC(COC(=O)CCCCCCCCC)OC(=O)CCCCCCCCCCC/C=C\C/C=C\C/C=C\C/C=C\C/C=C\CC. The summed E-state index contributed by atoms with van der Waals surface area (Å²) in [5, 5.41) is 0. The average molecular weight is 1120 g/mol. The Kier molecular flexibility index (Phi) is 64.3. The van der Waals surface area contributed by atoms with Crippen LogP contribution in [-0.4, -0.2) is 37.2 Å². The lowest BCUT2D eigenvalue weighted by atomic mass is 10.0.